The van der Waals surface area contributed by atoms with Crippen molar-refractivity contribution in [3.05, 3.63) is 33.5 Å². The number of thiazole rings is 1. The largest absolute Gasteiger partial charge is 0.342 e. The maximum atomic E-state index is 11.9. The molecular weight excluding hydrogens is 344 g/mol. The van der Waals surface area contributed by atoms with E-state index in [1.54, 1.807) is 12.1 Å². The van der Waals surface area contributed by atoms with Gasteiger partial charge in [-0.3, -0.25) is 14.5 Å². The number of likely N-dealkylation sites (tertiary alicyclic amines) is 1. The van der Waals surface area contributed by atoms with Gasteiger partial charge in [0.1, 0.15) is 0 Å². The number of hydrogen-bond acceptors (Lipinski definition) is 6. The van der Waals surface area contributed by atoms with Crippen molar-refractivity contribution in [2.75, 3.05) is 25.0 Å². The van der Waals surface area contributed by atoms with Crippen LogP contribution in [0.5, 0.6) is 0 Å². The van der Waals surface area contributed by atoms with E-state index in [0.29, 0.717) is 10.0 Å². The SMILES string of the molecule is O=C(CNC(=O)c1cccs1)Nc1nc(CN2CCCCC2)cs1. The Morgan fingerprint density at radius 3 is 2.79 bits per heavy atom. The van der Waals surface area contributed by atoms with E-state index >= 15 is 0 Å². The standard InChI is InChI=1S/C16H20N4O2S2/c21-14(9-17-15(22)13-5-4-8-23-13)19-16-18-12(11-24-16)10-20-6-2-1-3-7-20/h4-5,8,11H,1-3,6-7,9-10H2,(H,17,22)(H,18,19,21). The number of aromatic nitrogens is 1. The quantitative estimate of drug-likeness (QED) is 0.826. The second kappa shape index (κ2) is 8.36. The smallest absolute Gasteiger partial charge is 0.261 e. The Balaban J connectivity index is 1.43. The Kier molecular flexibility index (Phi) is 5.95. The Morgan fingerprint density at radius 2 is 2.04 bits per heavy atom. The second-order valence-corrected chi connectivity index (χ2v) is 7.49. The van der Waals surface area contributed by atoms with Crippen molar-refractivity contribution in [1.29, 1.82) is 0 Å². The first-order valence-corrected chi connectivity index (χ1v) is 9.75. The van der Waals surface area contributed by atoms with Crippen LogP contribution < -0.4 is 10.6 Å². The molecule has 24 heavy (non-hydrogen) atoms. The van der Waals surface area contributed by atoms with Gasteiger partial charge in [-0.2, -0.15) is 0 Å². The molecule has 1 saturated heterocycles. The first-order valence-electron chi connectivity index (χ1n) is 7.99. The summed E-state index contributed by atoms with van der Waals surface area (Å²) in [5.41, 5.74) is 0.986. The van der Waals surface area contributed by atoms with Crippen molar-refractivity contribution in [2.45, 2.75) is 25.8 Å². The molecule has 128 valence electrons. The molecular formula is C16H20N4O2S2. The average molecular weight is 364 g/mol. The summed E-state index contributed by atoms with van der Waals surface area (Å²) in [7, 11) is 0. The van der Waals surface area contributed by atoms with E-state index in [2.05, 4.69) is 20.5 Å². The number of carbonyl (C=O) groups excluding carboxylic acids is 2. The number of thiophene rings is 1. The van der Waals surface area contributed by atoms with Crippen LogP contribution in [0.2, 0.25) is 0 Å². The van der Waals surface area contributed by atoms with Crippen molar-refractivity contribution < 1.29 is 9.59 Å². The van der Waals surface area contributed by atoms with Crippen molar-refractivity contribution >= 4 is 39.6 Å². The maximum Gasteiger partial charge on any atom is 0.261 e. The van der Waals surface area contributed by atoms with E-state index in [1.807, 2.05) is 10.8 Å². The van der Waals surface area contributed by atoms with Crippen molar-refractivity contribution in [1.82, 2.24) is 15.2 Å². The van der Waals surface area contributed by atoms with Gasteiger partial charge in [-0.05, 0) is 37.4 Å². The van der Waals surface area contributed by atoms with Crippen molar-refractivity contribution in [2.24, 2.45) is 0 Å². The summed E-state index contributed by atoms with van der Waals surface area (Å²) in [6.07, 6.45) is 3.81. The lowest BCUT2D eigenvalue weighted by molar-refractivity contribution is -0.115. The van der Waals surface area contributed by atoms with Crippen LogP contribution in [-0.4, -0.2) is 41.3 Å². The van der Waals surface area contributed by atoms with E-state index in [0.717, 1.165) is 25.3 Å². The minimum Gasteiger partial charge on any atom is -0.342 e. The minimum atomic E-state index is -0.265. The average Bonchev–Trinajstić information content (AvgIpc) is 3.26. The third kappa shape index (κ3) is 4.86. The number of carbonyl (C=O) groups is 2. The summed E-state index contributed by atoms with van der Waals surface area (Å²) in [6.45, 7) is 3.02. The summed E-state index contributed by atoms with van der Waals surface area (Å²) in [6, 6.07) is 3.53. The molecule has 1 aliphatic heterocycles. The number of rotatable bonds is 6. The van der Waals surface area contributed by atoms with Crippen molar-refractivity contribution in [3.8, 4) is 0 Å². The molecule has 8 heteroatoms. The molecule has 0 aromatic carbocycles. The molecule has 3 heterocycles. The van der Waals surface area contributed by atoms with Gasteiger partial charge in [0.15, 0.2) is 5.13 Å². The highest BCUT2D eigenvalue weighted by molar-refractivity contribution is 7.14. The fourth-order valence-corrected chi connectivity index (χ4v) is 3.96. The van der Waals surface area contributed by atoms with E-state index < -0.39 is 0 Å². The molecule has 2 aromatic heterocycles. The monoisotopic (exact) mass is 364 g/mol. The minimum absolute atomic E-state index is 0.0578. The van der Waals surface area contributed by atoms with E-state index in [9.17, 15) is 9.59 Å². The molecule has 0 aliphatic carbocycles. The lowest BCUT2D eigenvalue weighted by atomic mass is 10.1. The normalized spacial score (nSPS) is 15.2. The summed E-state index contributed by atoms with van der Waals surface area (Å²) in [5, 5.41) is 9.73. The maximum absolute atomic E-state index is 11.9. The summed E-state index contributed by atoms with van der Waals surface area (Å²) < 4.78 is 0. The lowest BCUT2D eigenvalue weighted by Gasteiger charge is -2.25. The highest BCUT2D eigenvalue weighted by Crippen LogP contribution is 2.18. The van der Waals surface area contributed by atoms with Crippen LogP contribution in [-0.2, 0) is 11.3 Å². The molecule has 1 fully saturated rings. The van der Waals surface area contributed by atoms with Gasteiger partial charge in [-0.15, -0.1) is 22.7 Å². The molecule has 0 radical (unpaired) electrons. The number of nitrogens with zero attached hydrogens (tertiary/aromatic N) is 2. The highest BCUT2D eigenvalue weighted by Gasteiger charge is 2.14. The molecule has 0 bridgehead atoms. The van der Waals surface area contributed by atoms with Gasteiger partial charge < -0.3 is 10.6 Å². The predicted molar refractivity (Wildman–Crippen MR) is 96.5 cm³/mol. The topological polar surface area (TPSA) is 74.3 Å². The van der Waals surface area contributed by atoms with Gasteiger partial charge in [0.05, 0.1) is 17.1 Å². The van der Waals surface area contributed by atoms with Crippen LogP contribution in [0.15, 0.2) is 22.9 Å². The van der Waals surface area contributed by atoms with Crippen LogP contribution in [0.1, 0.15) is 34.6 Å². The third-order valence-electron chi connectivity index (χ3n) is 3.79. The zero-order valence-corrected chi connectivity index (χ0v) is 14.9. The number of hydrogen-bond donors (Lipinski definition) is 2. The molecule has 2 aromatic rings. The fourth-order valence-electron chi connectivity index (χ4n) is 2.60. The van der Waals surface area contributed by atoms with E-state index in [1.165, 1.54) is 41.9 Å². The highest BCUT2D eigenvalue weighted by atomic mass is 32.1. The number of amides is 2. The first-order chi connectivity index (χ1) is 11.7. The van der Waals surface area contributed by atoms with Gasteiger partial charge in [0, 0.05) is 11.9 Å². The molecule has 0 unspecified atom stereocenters. The second-order valence-electron chi connectivity index (χ2n) is 5.69. The molecule has 1 aliphatic rings. The molecule has 2 N–H and O–H groups in total. The van der Waals surface area contributed by atoms with Gasteiger partial charge in [0.2, 0.25) is 5.91 Å². The van der Waals surface area contributed by atoms with Gasteiger partial charge in [-0.25, -0.2) is 4.98 Å². The van der Waals surface area contributed by atoms with Crippen LogP contribution in [0.25, 0.3) is 0 Å². The number of nitrogens with one attached hydrogen (secondary N) is 2. The van der Waals surface area contributed by atoms with Crippen molar-refractivity contribution in [3.63, 3.8) is 0 Å². The summed E-state index contributed by atoms with van der Waals surface area (Å²) >= 11 is 2.77. The van der Waals surface area contributed by atoms with Gasteiger partial charge in [0.25, 0.3) is 5.91 Å². The number of piperidine rings is 1. The number of anilines is 1. The Bertz CT molecular complexity index is 678. The Labute approximate surface area is 148 Å². The summed E-state index contributed by atoms with van der Waals surface area (Å²) in [5.74, 6) is -0.496. The Hall–Kier alpha value is -1.77. The molecule has 0 saturated carbocycles. The van der Waals surface area contributed by atoms with Crippen LogP contribution in [0, 0.1) is 0 Å². The van der Waals surface area contributed by atoms with Gasteiger partial charge in [-0.1, -0.05) is 12.5 Å². The van der Waals surface area contributed by atoms with Gasteiger partial charge >= 0.3 is 0 Å². The zero-order valence-electron chi connectivity index (χ0n) is 13.3. The zero-order chi connectivity index (χ0) is 16.8. The molecule has 0 atom stereocenters. The van der Waals surface area contributed by atoms with Crippen LogP contribution in [0.4, 0.5) is 5.13 Å². The van der Waals surface area contributed by atoms with E-state index in [-0.39, 0.29) is 18.4 Å². The van der Waals surface area contributed by atoms with Crippen LogP contribution in [0.3, 0.4) is 0 Å². The predicted octanol–water partition coefficient (Wildman–Crippen LogP) is 2.56. The lowest BCUT2D eigenvalue weighted by Crippen LogP contribution is -2.32. The van der Waals surface area contributed by atoms with E-state index in [4.69, 9.17) is 0 Å². The summed E-state index contributed by atoms with van der Waals surface area (Å²) in [4.78, 5) is 31.2. The first kappa shape index (κ1) is 17.1. The molecule has 3 rings (SSSR count). The molecule has 0 spiro atoms. The molecule has 6 nitrogen and oxygen atoms in total. The molecule has 2 amide bonds. The fraction of sp³-hybridized carbons (Fsp3) is 0.438. The Morgan fingerprint density at radius 1 is 1.21 bits per heavy atom. The van der Waals surface area contributed by atoms with Crippen LogP contribution >= 0.6 is 22.7 Å². The third-order valence-corrected chi connectivity index (χ3v) is 5.46.